The SMILES string of the molecule is NCc1cc(-c2ccc(F)cc2)ns1. The summed E-state index contributed by atoms with van der Waals surface area (Å²) in [5.74, 6) is -0.233. The Morgan fingerprint density at radius 1 is 1.29 bits per heavy atom. The predicted molar refractivity (Wildman–Crippen MR) is 55.4 cm³/mol. The molecule has 1 heterocycles. The highest BCUT2D eigenvalue weighted by atomic mass is 32.1. The first-order valence-corrected chi connectivity index (χ1v) is 4.98. The first-order chi connectivity index (χ1) is 6.79. The minimum atomic E-state index is -0.233. The maximum atomic E-state index is 12.6. The van der Waals surface area contributed by atoms with Crippen molar-refractivity contribution in [3.05, 3.63) is 41.0 Å². The quantitative estimate of drug-likeness (QED) is 0.823. The number of halogens is 1. The van der Waals surface area contributed by atoms with Crippen LogP contribution in [-0.2, 0) is 6.54 Å². The zero-order chi connectivity index (χ0) is 9.97. The molecule has 0 unspecified atom stereocenters. The van der Waals surface area contributed by atoms with E-state index >= 15 is 0 Å². The zero-order valence-electron chi connectivity index (χ0n) is 7.40. The van der Waals surface area contributed by atoms with Gasteiger partial charge in [0, 0.05) is 17.0 Å². The van der Waals surface area contributed by atoms with Crippen molar-refractivity contribution in [3.63, 3.8) is 0 Å². The molecule has 0 aliphatic heterocycles. The molecule has 2 rings (SSSR count). The average molecular weight is 208 g/mol. The fraction of sp³-hybridized carbons (Fsp3) is 0.100. The molecular weight excluding hydrogens is 199 g/mol. The zero-order valence-corrected chi connectivity index (χ0v) is 8.22. The van der Waals surface area contributed by atoms with E-state index in [1.54, 1.807) is 12.1 Å². The van der Waals surface area contributed by atoms with E-state index in [2.05, 4.69) is 4.37 Å². The van der Waals surface area contributed by atoms with Crippen LogP contribution in [0.4, 0.5) is 4.39 Å². The fourth-order valence-corrected chi connectivity index (χ4v) is 1.78. The van der Waals surface area contributed by atoms with Gasteiger partial charge in [0.05, 0.1) is 5.69 Å². The first kappa shape index (κ1) is 9.30. The second-order valence-corrected chi connectivity index (χ2v) is 3.78. The van der Waals surface area contributed by atoms with Gasteiger partial charge in [-0.3, -0.25) is 0 Å². The van der Waals surface area contributed by atoms with Crippen LogP contribution in [0.15, 0.2) is 30.3 Å². The van der Waals surface area contributed by atoms with E-state index in [-0.39, 0.29) is 5.82 Å². The molecule has 2 aromatic rings. The van der Waals surface area contributed by atoms with Crippen molar-refractivity contribution in [1.82, 2.24) is 4.37 Å². The first-order valence-electron chi connectivity index (χ1n) is 4.21. The van der Waals surface area contributed by atoms with Crippen LogP contribution in [0.25, 0.3) is 11.3 Å². The average Bonchev–Trinajstić information content (AvgIpc) is 2.67. The third-order valence-electron chi connectivity index (χ3n) is 1.90. The van der Waals surface area contributed by atoms with E-state index in [0.717, 1.165) is 16.1 Å². The summed E-state index contributed by atoms with van der Waals surface area (Å²) in [7, 11) is 0. The largest absolute Gasteiger partial charge is 0.326 e. The molecule has 1 aromatic carbocycles. The maximum absolute atomic E-state index is 12.6. The van der Waals surface area contributed by atoms with E-state index in [9.17, 15) is 4.39 Å². The molecule has 0 aliphatic carbocycles. The Kier molecular flexibility index (Phi) is 2.56. The van der Waals surface area contributed by atoms with E-state index in [1.165, 1.54) is 23.7 Å². The van der Waals surface area contributed by atoms with E-state index in [4.69, 9.17) is 5.73 Å². The molecule has 14 heavy (non-hydrogen) atoms. The Labute approximate surface area is 85.4 Å². The molecule has 72 valence electrons. The third kappa shape index (κ3) is 1.81. The van der Waals surface area contributed by atoms with Crippen LogP contribution in [0, 0.1) is 5.82 Å². The molecule has 0 spiro atoms. The van der Waals surface area contributed by atoms with Crippen LogP contribution in [0.5, 0.6) is 0 Å². The van der Waals surface area contributed by atoms with Crippen LogP contribution in [0.3, 0.4) is 0 Å². The number of aromatic nitrogens is 1. The van der Waals surface area contributed by atoms with Gasteiger partial charge in [0.15, 0.2) is 0 Å². The number of benzene rings is 1. The smallest absolute Gasteiger partial charge is 0.123 e. The lowest BCUT2D eigenvalue weighted by atomic mass is 10.1. The van der Waals surface area contributed by atoms with Gasteiger partial charge in [0.25, 0.3) is 0 Å². The summed E-state index contributed by atoms with van der Waals surface area (Å²) >= 11 is 1.38. The van der Waals surface area contributed by atoms with Crippen molar-refractivity contribution in [1.29, 1.82) is 0 Å². The van der Waals surface area contributed by atoms with Gasteiger partial charge in [0.2, 0.25) is 0 Å². The Balaban J connectivity index is 2.34. The molecule has 0 fully saturated rings. The monoisotopic (exact) mass is 208 g/mol. The summed E-state index contributed by atoms with van der Waals surface area (Å²) in [5, 5.41) is 0. The van der Waals surface area contributed by atoms with Crippen LogP contribution >= 0.6 is 11.5 Å². The maximum Gasteiger partial charge on any atom is 0.123 e. The van der Waals surface area contributed by atoms with Crippen molar-refractivity contribution in [3.8, 4) is 11.3 Å². The van der Waals surface area contributed by atoms with Gasteiger partial charge in [-0.2, -0.15) is 4.37 Å². The van der Waals surface area contributed by atoms with Crippen molar-refractivity contribution in [2.24, 2.45) is 5.73 Å². The normalized spacial score (nSPS) is 10.4. The molecule has 0 aliphatic rings. The van der Waals surface area contributed by atoms with Crippen molar-refractivity contribution in [2.75, 3.05) is 0 Å². The van der Waals surface area contributed by atoms with Crippen molar-refractivity contribution >= 4 is 11.5 Å². The van der Waals surface area contributed by atoms with Crippen LogP contribution in [-0.4, -0.2) is 4.37 Å². The molecule has 0 bridgehead atoms. The molecule has 0 radical (unpaired) electrons. The summed E-state index contributed by atoms with van der Waals surface area (Å²) in [6, 6.07) is 8.21. The van der Waals surface area contributed by atoms with Gasteiger partial charge in [-0.1, -0.05) is 0 Å². The fourth-order valence-electron chi connectivity index (χ4n) is 1.17. The topological polar surface area (TPSA) is 38.9 Å². The minimum Gasteiger partial charge on any atom is -0.326 e. The number of nitrogens with zero attached hydrogens (tertiary/aromatic N) is 1. The summed E-state index contributed by atoms with van der Waals surface area (Å²) in [6.07, 6.45) is 0. The molecule has 2 N–H and O–H groups in total. The second-order valence-electron chi connectivity index (χ2n) is 2.89. The molecule has 2 nitrogen and oxygen atoms in total. The Morgan fingerprint density at radius 3 is 2.57 bits per heavy atom. The molecule has 0 atom stereocenters. The standard InChI is InChI=1S/C10H9FN2S/c11-8-3-1-7(2-4-8)10-5-9(6-12)14-13-10/h1-5H,6,12H2. The second kappa shape index (κ2) is 3.86. The summed E-state index contributed by atoms with van der Waals surface area (Å²) in [6.45, 7) is 0.499. The number of hydrogen-bond donors (Lipinski definition) is 1. The van der Waals surface area contributed by atoms with Crippen molar-refractivity contribution in [2.45, 2.75) is 6.54 Å². The number of rotatable bonds is 2. The predicted octanol–water partition coefficient (Wildman–Crippen LogP) is 2.41. The van der Waals surface area contributed by atoms with Crippen LogP contribution < -0.4 is 5.73 Å². The highest BCUT2D eigenvalue weighted by molar-refractivity contribution is 7.06. The summed E-state index contributed by atoms with van der Waals surface area (Å²) in [4.78, 5) is 1.03. The minimum absolute atomic E-state index is 0.233. The Morgan fingerprint density at radius 2 is 2.00 bits per heavy atom. The van der Waals surface area contributed by atoms with Gasteiger partial charge in [0.1, 0.15) is 5.82 Å². The lowest BCUT2D eigenvalue weighted by molar-refractivity contribution is 0.628. The van der Waals surface area contributed by atoms with Gasteiger partial charge < -0.3 is 5.73 Å². The molecule has 1 aromatic heterocycles. The van der Waals surface area contributed by atoms with Crippen LogP contribution in [0.1, 0.15) is 4.88 Å². The number of nitrogens with two attached hydrogens (primary N) is 1. The summed E-state index contributed by atoms with van der Waals surface area (Å²) in [5.41, 5.74) is 7.25. The number of hydrogen-bond acceptors (Lipinski definition) is 3. The molecule has 4 heteroatoms. The van der Waals surface area contributed by atoms with Gasteiger partial charge >= 0.3 is 0 Å². The van der Waals surface area contributed by atoms with Gasteiger partial charge in [-0.05, 0) is 41.9 Å². The Hall–Kier alpha value is -1.26. The van der Waals surface area contributed by atoms with Gasteiger partial charge in [-0.15, -0.1) is 0 Å². The van der Waals surface area contributed by atoms with Crippen molar-refractivity contribution < 1.29 is 4.39 Å². The highest BCUT2D eigenvalue weighted by Gasteiger charge is 2.02. The van der Waals surface area contributed by atoms with Gasteiger partial charge in [-0.25, -0.2) is 4.39 Å². The Bertz CT molecular complexity index is 422. The van der Waals surface area contributed by atoms with Crippen LogP contribution in [0.2, 0.25) is 0 Å². The molecule has 0 saturated heterocycles. The summed E-state index contributed by atoms with van der Waals surface area (Å²) < 4.78 is 16.9. The lowest BCUT2D eigenvalue weighted by Gasteiger charge is -1.94. The molecule has 0 amide bonds. The molecule has 0 saturated carbocycles. The van der Waals surface area contributed by atoms with E-state index < -0.39 is 0 Å². The highest BCUT2D eigenvalue weighted by Crippen LogP contribution is 2.21. The van der Waals surface area contributed by atoms with E-state index in [0.29, 0.717) is 6.54 Å². The molecular formula is C10H9FN2S. The van der Waals surface area contributed by atoms with E-state index in [1.807, 2.05) is 6.07 Å². The lowest BCUT2D eigenvalue weighted by Crippen LogP contribution is -1.91. The third-order valence-corrected chi connectivity index (χ3v) is 2.71.